The molecule has 0 aromatic heterocycles. The molecule has 0 saturated carbocycles. The van der Waals surface area contributed by atoms with E-state index in [-0.39, 0.29) is 12.5 Å². The molecule has 88 valence electrons. The second kappa shape index (κ2) is 8.23. The van der Waals surface area contributed by atoms with E-state index in [9.17, 15) is 9.59 Å². The lowest BCUT2D eigenvalue weighted by atomic mass is 10.1. The lowest BCUT2D eigenvalue weighted by molar-refractivity contribution is -0.146. The molecule has 0 aliphatic rings. The maximum atomic E-state index is 11.1. The molecule has 1 amide bonds. The lowest BCUT2D eigenvalue weighted by Gasteiger charge is -2.07. The third-order valence-corrected chi connectivity index (χ3v) is 2.04. The summed E-state index contributed by atoms with van der Waals surface area (Å²) in [5, 5.41) is 19.6. The zero-order valence-electron chi connectivity index (χ0n) is 9.03. The summed E-state index contributed by atoms with van der Waals surface area (Å²) in [6, 6.07) is 0. The first-order valence-electron chi connectivity index (χ1n) is 5.25. The van der Waals surface area contributed by atoms with Crippen molar-refractivity contribution in [2.75, 3.05) is 6.54 Å². The number of unbranched alkanes of at least 4 members (excludes halogenated alkanes) is 3. The van der Waals surface area contributed by atoms with E-state index < -0.39 is 12.1 Å². The number of carbonyl (C=O) groups is 2. The van der Waals surface area contributed by atoms with Crippen LogP contribution >= 0.6 is 0 Å². The maximum absolute atomic E-state index is 11.1. The Morgan fingerprint density at radius 3 is 2.47 bits per heavy atom. The second-order valence-electron chi connectivity index (χ2n) is 3.47. The number of aliphatic hydroxyl groups is 1. The first-order valence-corrected chi connectivity index (χ1v) is 5.25. The zero-order chi connectivity index (χ0) is 11.7. The monoisotopic (exact) mass is 217 g/mol. The molecular formula is C10H19NO4. The Hall–Kier alpha value is -1.10. The zero-order valence-corrected chi connectivity index (χ0v) is 9.03. The molecule has 0 heterocycles. The Balaban J connectivity index is 3.45. The van der Waals surface area contributed by atoms with Gasteiger partial charge in [0.2, 0.25) is 5.91 Å². The minimum Gasteiger partial charge on any atom is -0.479 e. The van der Waals surface area contributed by atoms with Crippen molar-refractivity contribution in [2.24, 2.45) is 0 Å². The largest absolute Gasteiger partial charge is 0.479 e. The van der Waals surface area contributed by atoms with Crippen molar-refractivity contribution in [3.63, 3.8) is 0 Å². The molecule has 0 spiro atoms. The number of carboxylic acids is 1. The maximum Gasteiger partial charge on any atom is 0.334 e. The highest BCUT2D eigenvalue weighted by molar-refractivity contribution is 5.77. The van der Waals surface area contributed by atoms with Gasteiger partial charge in [-0.3, -0.25) is 4.79 Å². The van der Waals surface area contributed by atoms with Crippen LogP contribution in [0, 0.1) is 0 Å². The molecule has 5 heteroatoms. The molecule has 1 atom stereocenters. The predicted octanol–water partition coefficient (Wildman–Crippen LogP) is 0.518. The van der Waals surface area contributed by atoms with Crippen LogP contribution in [0.2, 0.25) is 0 Å². The molecule has 1 unspecified atom stereocenters. The fraction of sp³-hybridized carbons (Fsp3) is 0.800. The number of hydrogen-bond acceptors (Lipinski definition) is 3. The van der Waals surface area contributed by atoms with Crippen molar-refractivity contribution in [1.82, 2.24) is 5.32 Å². The van der Waals surface area contributed by atoms with E-state index in [0.717, 1.165) is 25.7 Å². The average Bonchev–Trinajstić information content (AvgIpc) is 2.20. The Morgan fingerprint density at radius 2 is 1.93 bits per heavy atom. The normalized spacial score (nSPS) is 12.1. The van der Waals surface area contributed by atoms with Crippen LogP contribution in [0.3, 0.4) is 0 Å². The van der Waals surface area contributed by atoms with E-state index in [1.807, 2.05) is 0 Å². The summed E-state index contributed by atoms with van der Waals surface area (Å²) in [4.78, 5) is 21.3. The van der Waals surface area contributed by atoms with E-state index in [1.54, 1.807) is 0 Å². The summed E-state index contributed by atoms with van der Waals surface area (Å²) in [5.74, 6) is -1.52. The Kier molecular flexibility index (Phi) is 7.62. The van der Waals surface area contributed by atoms with Crippen molar-refractivity contribution >= 4 is 11.9 Å². The standard InChI is InChI=1S/C10H19NO4/c1-2-3-4-5-6-9(13)11-7-8(12)10(14)15/h8,12H,2-7H2,1H3,(H,11,13)(H,14,15). The van der Waals surface area contributed by atoms with Crippen molar-refractivity contribution in [3.05, 3.63) is 0 Å². The molecule has 0 radical (unpaired) electrons. The molecule has 0 aromatic carbocycles. The van der Waals surface area contributed by atoms with Crippen LogP contribution in [0.15, 0.2) is 0 Å². The lowest BCUT2D eigenvalue weighted by Crippen LogP contribution is -2.36. The quantitative estimate of drug-likeness (QED) is 0.517. The van der Waals surface area contributed by atoms with Gasteiger partial charge in [0.05, 0.1) is 6.54 Å². The van der Waals surface area contributed by atoms with E-state index in [2.05, 4.69) is 12.2 Å². The summed E-state index contributed by atoms with van der Waals surface area (Å²) in [7, 11) is 0. The number of rotatable bonds is 8. The Labute approximate surface area is 89.5 Å². The molecule has 15 heavy (non-hydrogen) atoms. The molecule has 0 aliphatic carbocycles. The first kappa shape index (κ1) is 13.9. The van der Waals surface area contributed by atoms with E-state index in [4.69, 9.17) is 10.2 Å². The molecule has 3 N–H and O–H groups in total. The molecule has 0 saturated heterocycles. The van der Waals surface area contributed by atoms with Crippen LogP contribution < -0.4 is 5.32 Å². The summed E-state index contributed by atoms with van der Waals surface area (Å²) < 4.78 is 0. The fourth-order valence-corrected chi connectivity index (χ4v) is 1.10. The summed E-state index contributed by atoms with van der Waals surface area (Å²) in [6.45, 7) is 1.87. The predicted molar refractivity (Wildman–Crippen MR) is 55.4 cm³/mol. The molecule has 5 nitrogen and oxygen atoms in total. The molecule has 0 bridgehead atoms. The van der Waals surface area contributed by atoms with Gasteiger partial charge < -0.3 is 15.5 Å². The van der Waals surface area contributed by atoms with Crippen LogP contribution in [0.4, 0.5) is 0 Å². The number of hydrogen-bond donors (Lipinski definition) is 3. The van der Waals surface area contributed by atoms with Gasteiger partial charge in [0, 0.05) is 6.42 Å². The average molecular weight is 217 g/mol. The van der Waals surface area contributed by atoms with Crippen LogP contribution in [0.25, 0.3) is 0 Å². The minimum atomic E-state index is -1.51. The number of carbonyl (C=O) groups excluding carboxylic acids is 1. The third-order valence-electron chi connectivity index (χ3n) is 2.04. The topological polar surface area (TPSA) is 86.6 Å². The van der Waals surface area contributed by atoms with Gasteiger partial charge in [-0.25, -0.2) is 4.79 Å². The van der Waals surface area contributed by atoms with Gasteiger partial charge in [-0.2, -0.15) is 0 Å². The smallest absolute Gasteiger partial charge is 0.334 e. The highest BCUT2D eigenvalue weighted by atomic mass is 16.4. The van der Waals surface area contributed by atoms with Crippen molar-refractivity contribution in [3.8, 4) is 0 Å². The number of aliphatic carboxylic acids is 1. The van der Waals surface area contributed by atoms with Gasteiger partial charge in [0.15, 0.2) is 6.10 Å². The molecular weight excluding hydrogens is 198 g/mol. The van der Waals surface area contributed by atoms with Gasteiger partial charge in [-0.1, -0.05) is 26.2 Å². The summed E-state index contributed by atoms with van der Waals surface area (Å²) >= 11 is 0. The van der Waals surface area contributed by atoms with Crippen molar-refractivity contribution < 1.29 is 19.8 Å². The number of amides is 1. The van der Waals surface area contributed by atoms with Gasteiger partial charge >= 0.3 is 5.97 Å². The fourth-order valence-electron chi connectivity index (χ4n) is 1.10. The third kappa shape index (κ3) is 7.93. The van der Waals surface area contributed by atoms with Crippen LogP contribution in [-0.2, 0) is 9.59 Å². The van der Waals surface area contributed by atoms with Crippen LogP contribution in [0.5, 0.6) is 0 Å². The molecule has 0 rings (SSSR count). The SMILES string of the molecule is CCCCCCC(=O)NCC(O)C(=O)O. The highest BCUT2D eigenvalue weighted by Gasteiger charge is 2.13. The first-order chi connectivity index (χ1) is 7.07. The van der Waals surface area contributed by atoms with Gasteiger partial charge in [0.25, 0.3) is 0 Å². The highest BCUT2D eigenvalue weighted by Crippen LogP contribution is 2.01. The van der Waals surface area contributed by atoms with Gasteiger partial charge in [-0.15, -0.1) is 0 Å². The summed E-state index contributed by atoms with van der Waals surface area (Å²) in [6.07, 6.45) is 2.91. The van der Waals surface area contributed by atoms with Gasteiger partial charge in [0.1, 0.15) is 0 Å². The Morgan fingerprint density at radius 1 is 1.27 bits per heavy atom. The van der Waals surface area contributed by atoms with Gasteiger partial charge in [-0.05, 0) is 6.42 Å². The number of nitrogens with one attached hydrogen (secondary N) is 1. The minimum absolute atomic E-state index is 0.202. The van der Waals surface area contributed by atoms with E-state index in [1.165, 1.54) is 0 Å². The molecule has 0 aliphatic heterocycles. The number of aliphatic hydroxyl groups excluding tert-OH is 1. The number of carboxylic acid groups (broad SMARTS) is 1. The van der Waals surface area contributed by atoms with E-state index >= 15 is 0 Å². The Bertz CT molecular complexity index is 206. The molecule has 0 fully saturated rings. The van der Waals surface area contributed by atoms with Crippen LogP contribution in [0.1, 0.15) is 39.0 Å². The van der Waals surface area contributed by atoms with E-state index in [0.29, 0.717) is 6.42 Å². The van der Waals surface area contributed by atoms with Crippen LogP contribution in [-0.4, -0.2) is 34.7 Å². The summed E-state index contributed by atoms with van der Waals surface area (Å²) in [5.41, 5.74) is 0. The molecule has 0 aromatic rings. The van der Waals surface area contributed by atoms with Crippen molar-refractivity contribution in [2.45, 2.75) is 45.1 Å². The second-order valence-corrected chi connectivity index (χ2v) is 3.47. The van der Waals surface area contributed by atoms with Crippen molar-refractivity contribution in [1.29, 1.82) is 0 Å².